The van der Waals surface area contributed by atoms with E-state index in [0.717, 1.165) is 49.2 Å². The first-order valence-electron chi connectivity index (χ1n) is 9.38. The van der Waals surface area contributed by atoms with Gasteiger partial charge in [0.25, 0.3) is 5.91 Å². The summed E-state index contributed by atoms with van der Waals surface area (Å²) >= 11 is 0. The smallest absolute Gasteiger partial charge is 0.270 e. The number of carbonyl (C=O) groups excluding carboxylic acids is 1. The van der Waals surface area contributed by atoms with Crippen molar-refractivity contribution < 1.29 is 4.79 Å². The maximum absolute atomic E-state index is 12.9. The van der Waals surface area contributed by atoms with Crippen LogP contribution in [0.4, 0.5) is 5.82 Å². The Morgan fingerprint density at radius 2 is 2.04 bits per heavy atom. The number of aryl methyl sites for hydroxylation is 1. The van der Waals surface area contributed by atoms with E-state index in [1.165, 1.54) is 0 Å². The van der Waals surface area contributed by atoms with Gasteiger partial charge in [-0.05, 0) is 63.5 Å². The van der Waals surface area contributed by atoms with Crippen molar-refractivity contribution in [2.45, 2.75) is 63.5 Å². The quantitative estimate of drug-likeness (QED) is 0.865. The summed E-state index contributed by atoms with van der Waals surface area (Å²) in [5.41, 5.74) is 2.31. The summed E-state index contributed by atoms with van der Waals surface area (Å²) < 4.78 is 0. The Balaban J connectivity index is 1.50. The predicted octanol–water partition coefficient (Wildman–Crippen LogP) is 3.21. The zero-order valence-corrected chi connectivity index (χ0v) is 15.3. The molecule has 26 heavy (non-hydrogen) atoms. The first-order chi connectivity index (χ1) is 12.5. The molecule has 2 aliphatic rings. The van der Waals surface area contributed by atoms with Crippen LogP contribution in [0.2, 0.25) is 0 Å². The van der Waals surface area contributed by atoms with Gasteiger partial charge in [-0.3, -0.25) is 14.8 Å². The minimum atomic E-state index is -0.242. The molecule has 6 heteroatoms. The highest BCUT2D eigenvalue weighted by Crippen LogP contribution is 2.41. The lowest BCUT2D eigenvalue weighted by Gasteiger charge is -2.33. The van der Waals surface area contributed by atoms with E-state index in [2.05, 4.69) is 32.5 Å². The fourth-order valence-electron chi connectivity index (χ4n) is 3.85. The van der Waals surface area contributed by atoms with Crippen LogP contribution >= 0.6 is 0 Å². The predicted molar refractivity (Wildman–Crippen MR) is 100 cm³/mol. The number of hydrogen-bond donors (Lipinski definition) is 2. The highest BCUT2D eigenvalue weighted by molar-refractivity contribution is 5.94. The Hall–Kier alpha value is -2.50. The minimum absolute atomic E-state index is 0.0344. The maximum atomic E-state index is 12.9. The first kappa shape index (κ1) is 16.9. The van der Waals surface area contributed by atoms with E-state index in [1.54, 1.807) is 18.6 Å². The first-order valence-corrected chi connectivity index (χ1v) is 9.38. The highest BCUT2D eigenvalue weighted by atomic mass is 16.2. The van der Waals surface area contributed by atoms with E-state index in [9.17, 15) is 4.79 Å². The largest absolute Gasteiger partial charge is 0.362 e. The molecule has 2 aromatic heterocycles. The summed E-state index contributed by atoms with van der Waals surface area (Å²) in [6.07, 6.45) is 10.5. The van der Waals surface area contributed by atoms with Crippen molar-refractivity contribution in [1.29, 1.82) is 0 Å². The van der Waals surface area contributed by atoms with Crippen LogP contribution < -0.4 is 10.6 Å². The van der Waals surface area contributed by atoms with E-state index < -0.39 is 0 Å². The van der Waals surface area contributed by atoms with Gasteiger partial charge in [-0.1, -0.05) is 6.07 Å². The lowest BCUT2D eigenvalue weighted by atomic mass is 9.95. The van der Waals surface area contributed by atoms with E-state index >= 15 is 0 Å². The average Bonchev–Trinajstić information content (AvgIpc) is 3.42. The third kappa shape index (κ3) is 3.41. The van der Waals surface area contributed by atoms with Gasteiger partial charge in [-0.15, -0.1) is 0 Å². The molecule has 0 spiro atoms. The highest BCUT2D eigenvalue weighted by Gasteiger charge is 2.40. The molecule has 2 fully saturated rings. The Kier molecular flexibility index (Phi) is 4.34. The molecule has 2 N–H and O–H groups in total. The van der Waals surface area contributed by atoms with Crippen molar-refractivity contribution in [3.63, 3.8) is 0 Å². The molecule has 0 unspecified atom stereocenters. The van der Waals surface area contributed by atoms with Crippen LogP contribution in [0.5, 0.6) is 0 Å². The van der Waals surface area contributed by atoms with Gasteiger partial charge in [0.15, 0.2) is 0 Å². The molecule has 2 heterocycles. The summed E-state index contributed by atoms with van der Waals surface area (Å²) in [6, 6.07) is 3.99. The van der Waals surface area contributed by atoms with Crippen LogP contribution in [0.1, 0.15) is 66.7 Å². The summed E-state index contributed by atoms with van der Waals surface area (Å²) in [5.74, 6) is 1.18. The normalized spacial score (nSPS) is 25.1. The summed E-state index contributed by atoms with van der Waals surface area (Å²) in [5, 5.41) is 6.72. The van der Waals surface area contributed by atoms with Crippen LogP contribution in [0, 0.1) is 6.92 Å². The second-order valence-electron chi connectivity index (χ2n) is 7.72. The van der Waals surface area contributed by atoms with Gasteiger partial charge in [-0.25, -0.2) is 4.98 Å². The lowest BCUT2D eigenvalue weighted by Crippen LogP contribution is -2.52. The van der Waals surface area contributed by atoms with Crippen molar-refractivity contribution in [2.75, 3.05) is 5.32 Å². The van der Waals surface area contributed by atoms with Crippen molar-refractivity contribution in [1.82, 2.24) is 20.3 Å². The number of hydrogen-bond acceptors (Lipinski definition) is 5. The van der Waals surface area contributed by atoms with Crippen LogP contribution in [0.15, 0.2) is 30.7 Å². The molecule has 0 saturated heterocycles. The molecule has 1 amide bonds. The second-order valence-corrected chi connectivity index (χ2v) is 7.72. The van der Waals surface area contributed by atoms with Crippen LogP contribution in [0.3, 0.4) is 0 Å². The standard InChI is InChI=1S/C20H25N5O/c1-13-11-23-17(12-22-13)25-20(2)9-3-6-16(20)24-19(26)18-15(14-7-8-14)5-4-10-21-18/h4-5,10-12,14,16H,3,6-9H2,1-2H3,(H,23,25)(H,24,26)/t16-,20-/m0/s1. The van der Waals surface area contributed by atoms with E-state index in [0.29, 0.717) is 11.6 Å². The number of rotatable bonds is 5. The Labute approximate surface area is 153 Å². The Morgan fingerprint density at radius 1 is 1.19 bits per heavy atom. The van der Waals surface area contributed by atoms with Crippen molar-refractivity contribution in [3.05, 3.63) is 47.7 Å². The summed E-state index contributed by atoms with van der Waals surface area (Å²) in [7, 11) is 0. The molecular formula is C20H25N5O. The zero-order chi connectivity index (χ0) is 18.1. The third-order valence-electron chi connectivity index (χ3n) is 5.53. The number of carbonyl (C=O) groups is 1. The fourth-order valence-corrected chi connectivity index (χ4v) is 3.85. The fraction of sp³-hybridized carbons (Fsp3) is 0.500. The topological polar surface area (TPSA) is 79.8 Å². The number of anilines is 1. The van der Waals surface area contributed by atoms with Crippen LogP contribution in [-0.2, 0) is 0 Å². The molecular weight excluding hydrogens is 326 g/mol. The molecule has 0 aromatic carbocycles. The monoisotopic (exact) mass is 351 g/mol. The second kappa shape index (κ2) is 6.67. The number of nitrogens with zero attached hydrogens (tertiary/aromatic N) is 3. The number of aromatic nitrogens is 3. The van der Waals surface area contributed by atoms with Gasteiger partial charge < -0.3 is 10.6 Å². The molecule has 4 rings (SSSR count). The summed E-state index contributed by atoms with van der Waals surface area (Å²) in [4.78, 5) is 26.0. The number of amides is 1. The van der Waals surface area contributed by atoms with E-state index in [-0.39, 0.29) is 17.5 Å². The van der Waals surface area contributed by atoms with Gasteiger partial charge in [0.05, 0.1) is 29.7 Å². The van der Waals surface area contributed by atoms with Crippen LogP contribution in [0.25, 0.3) is 0 Å². The molecule has 136 valence electrons. The third-order valence-corrected chi connectivity index (χ3v) is 5.53. The zero-order valence-electron chi connectivity index (χ0n) is 15.3. The lowest BCUT2D eigenvalue weighted by molar-refractivity contribution is 0.0921. The van der Waals surface area contributed by atoms with Crippen molar-refractivity contribution in [3.8, 4) is 0 Å². The molecule has 2 atom stereocenters. The average molecular weight is 351 g/mol. The molecule has 2 saturated carbocycles. The molecule has 2 aliphatic carbocycles. The SMILES string of the molecule is Cc1cnc(N[C@@]2(C)CCC[C@@H]2NC(=O)c2ncccc2C2CC2)cn1. The van der Waals surface area contributed by atoms with E-state index in [1.807, 2.05) is 19.1 Å². The van der Waals surface area contributed by atoms with Gasteiger partial charge in [0.2, 0.25) is 0 Å². The molecule has 0 bridgehead atoms. The van der Waals surface area contributed by atoms with Gasteiger partial charge in [-0.2, -0.15) is 0 Å². The number of nitrogens with one attached hydrogen (secondary N) is 2. The molecule has 0 radical (unpaired) electrons. The molecule has 6 nitrogen and oxygen atoms in total. The van der Waals surface area contributed by atoms with Gasteiger partial charge in [0.1, 0.15) is 11.5 Å². The molecule has 2 aromatic rings. The number of pyridine rings is 1. The van der Waals surface area contributed by atoms with E-state index in [4.69, 9.17) is 0 Å². The Morgan fingerprint density at radius 3 is 2.77 bits per heavy atom. The Bertz CT molecular complexity index is 802. The van der Waals surface area contributed by atoms with Crippen molar-refractivity contribution in [2.24, 2.45) is 0 Å². The molecule has 0 aliphatic heterocycles. The van der Waals surface area contributed by atoms with Gasteiger partial charge in [0, 0.05) is 6.20 Å². The van der Waals surface area contributed by atoms with Crippen molar-refractivity contribution >= 4 is 11.7 Å². The summed E-state index contributed by atoms with van der Waals surface area (Å²) in [6.45, 7) is 4.06. The van der Waals surface area contributed by atoms with Crippen LogP contribution in [-0.4, -0.2) is 32.4 Å². The van der Waals surface area contributed by atoms with Gasteiger partial charge >= 0.3 is 0 Å². The maximum Gasteiger partial charge on any atom is 0.270 e. The minimum Gasteiger partial charge on any atom is -0.362 e.